The summed E-state index contributed by atoms with van der Waals surface area (Å²) in [4.78, 5) is 26.6. The highest BCUT2D eigenvalue weighted by Crippen LogP contribution is 2.21. The molecule has 1 aliphatic heterocycles. The molecule has 0 unspecified atom stereocenters. The van der Waals surface area contributed by atoms with E-state index >= 15 is 0 Å². The maximum absolute atomic E-state index is 11.8. The molecule has 0 saturated carbocycles. The van der Waals surface area contributed by atoms with Crippen LogP contribution in [0.15, 0.2) is 23.2 Å². The number of anilines is 1. The third-order valence-electron chi connectivity index (χ3n) is 2.90. The first kappa shape index (κ1) is 12.1. The molecule has 0 saturated heterocycles. The molecule has 0 spiro atoms. The van der Waals surface area contributed by atoms with Crippen molar-refractivity contribution in [2.45, 2.75) is 13.0 Å². The van der Waals surface area contributed by atoms with Crippen molar-refractivity contribution in [2.24, 2.45) is 4.99 Å². The molecule has 2 amide bonds. The zero-order valence-electron chi connectivity index (χ0n) is 9.85. The second kappa shape index (κ2) is 5.33. The van der Waals surface area contributed by atoms with E-state index in [1.54, 1.807) is 4.90 Å². The number of hydrogen-bond acceptors (Lipinski definition) is 4. The average Bonchev–Trinajstić information content (AvgIpc) is 2.38. The first-order valence-corrected chi connectivity index (χ1v) is 5.64. The molecule has 6 heteroatoms. The number of hydrogen-bond donors (Lipinski definition) is 2. The molecular formula is C12H14N4O2. The highest BCUT2D eigenvalue weighted by atomic mass is 16.2. The number of carbonyl (C=O) groups is 1. The summed E-state index contributed by atoms with van der Waals surface area (Å²) < 4.78 is 0. The Morgan fingerprint density at radius 3 is 3.11 bits per heavy atom. The molecule has 1 aromatic rings. The van der Waals surface area contributed by atoms with E-state index in [4.69, 9.17) is 5.73 Å². The number of isocyanates is 1. The summed E-state index contributed by atoms with van der Waals surface area (Å²) in [6, 6.07) is 5.52. The van der Waals surface area contributed by atoms with Crippen LogP contribution >= 0.6 is 0 Å². The Bertz CT molecular complexity index is 509. The maximum Gasteiger partial charge on any atom is 0.319 e. The predicted octanol–water partition coefficient (Wildman–Crippen LogP) is 0.630. The van der Waals surface area contributed by atoms with Gasteiger partial charge in [0.15, 0.2) is 0 Å². The summed E-state index contributed by atoms with van der Waals surface area (Å²) in [5, 5.41) is 2.53. The molecule has 0 atom stereocenters. The molecule has 0 aromatic heterocycles. The van der Waals surface area contributed by atoms with Crippen LogP contribution in [-0.4, -0.2) is 30.2 Å². The van der Waals surface area contributed by atoms with E-state index in [0.717, 1.165) is 12.0 Å². The van der Waals surface area contributed by atoms with Gasteiger partial charge in [0.2, 0.25) is 6.08 Å². The van der Waals surface area contributed by atoms with Gasteiger partial charge in [-0.2, -0.15) is 4.99 Å². The molecule has 18 heavy (non-hydrogen) atoms. The molecule has 2 rings (SSSR count). The number of nitrogens with one attached hydrogen (secondary N) is 1. The molecular weight excluding hydrogens is 232 g/mol. The van der Waals surface area contributed by atoms with Crippen LogP contribution in [0.4, 0.5) is 10.5 Å². The lowest BCUT2D eigenvalue weighted by molar-refractivity contribution is 0.193. The Morgan fingerprint density at radius 1 is 1.50 bits per heavy atom. The quantitative estimate of drug-likeness (QED) is 0.456. The van der Waals surface area contributed by atoms with Gasteiger partial charge in [-0.3, -0.25) is 0 Å². The summed E-state index contributed by atoms with van der Waals surface area (Å²) >= 11 is 0. The van der Waals surface area contributed by atoms with Crippen LogP contribution in [-0.2, 0) is 17.8 Å². The second-order valence-corrected chi connectivity index (χ2v) is 4.09. The van der Waals surface area contributed by atoms with Gasteiger partial charge >= 0.3 is 6.03 Å². The zero-order valence-corrected chi connectivity index (χ0v) is 9.85. The first-order valence-electron chi connectivity index (χ1n) is 5.64. The van der Waals surface area contributed by atoms with Crippen molar-refractivity contribution in [3.63, 3.8) is 0 Å². The Balaban J connectivity index is 2.02. The van der Waals surface area contributed by atoms with Crippen molar-refractivity contribution in [3.05, 3.63) is 29.3 Å². The molecule has 1 heterocycles. The van der Waals surface area contributed by atoms with E-state index in [1.807, 2.05) is 18.2 Å². The number of nitrogens with two attached hydrogens (primary N) is 1. The van der Waals surface area contributed by atoms with E-state index in [-0.39, 0.29) is 12.7 Å². The highest BCUT2D eigenvalue weighted by molar-refractivity contribution is 5.74. The van der Waals surface area contributed by atoms with E-state index in [9.17, 15) is 9.59 Å². The van der Waals surface area contributed by atoms with Crippen LogP contribution in [0.3, 0.4) is 0 Å². The Hall–Kier alpha value is -2.33. The third-order valence-corrected chi connectivity index (χ3v) is 2.90. The van der Waals surface area contributed by atoms with E-state index in [2.05, 4.69) is 10.3 Å². The van der Waals surface area contributed by atoms with Gasteiger partial charge < -0.3 is 16.0 Å². The molecule has 94 valence electrons. The third kappa shape index (κ3) is 2.67. The lowest BCUT2D eigenvalue weighted by atomic mass is 9.99. The SMILES string of the molecule is Nc1ccc2c(c1)CN(C(=O)NCN=C=O)CC2. The minimum absolute atomic E-state index is 0.0391. The van der Waals surface area contributed by atoms with Gasteiger partial charge in [0.05, 0.1) is 0 Å². The Labute approximate surface area is 104 Å². The van der Waals surface area contributed by atoms with Crippen molar-refractivity contribution >= 4 is 17.8 Å². The monoisotopic (exact) mass is 246 g/mol. The van der Waals surface area contributed by atoms with Gasteiger partial charge in [-0.05, 0) is 29.7 Å². The van der Waals surface area contributed by atoms with Gasteiger partial charge in [0.25, 0.3) is 0 Å². The second-order valence-electron chi connectivity index (χ2n) is 4.09. The Kier molecular flexibility index (Phi) is 3.60. The largest absolute Gasteiger partial charge is 0.399 e. The summed E-state index contributed by atoms with van der Waals surface area (Å²) in [6.45, 7) is 1.13. The maximum atomic E-state index is 11.8. The van der Waals surface area contributed by atoms with Gasteiger partial charge in [-0.25, -0.2) is 9.59 Å². The van der Waals surface area contributed by atoms with Crippen LogP contribution in [0.5, 0.6) is 0 Å². The number of fused-ring (bicyclic) bond motifs is 1. The predicted molar refractivity (Wildman–Crippen MR) is 66.5 cm³/mol. The van der Waals surface area contributed by atoms with Crippen molar-refractivity contribution in [1.29, 1.82) is 0 Å². The number of nitrogens with zero attached hydrogens (tertiary/aromatic N) is 2. The molecule has 1 aromatic carbocycles. The molecule has 0 fully saturated rings. The summed E-state index contributed by atoms with van der Waals surface area (Å²) in [7, 11) is 0. The standard InChI is InChI=1S/C12H14N4O2/c13-11-2-1-9-3-4-16(6-10(9)5-11)12(18)15-7-14-8-17/h1-2,5H,3-4,6-7,13H2,(H,15,18). The highest BCUT2D eigenvalue weighted by Gasteiger charge is 2.20. The van der Waals surface area contributed by atoms with Crippen molar-refractivity contribution < 1.29 is 9.59 Å². The van der Waals surface area contributed by atoms with Crippen LogP contribution in [0.1, 0.15) is 11.1 Å². The fourth-order valence-corrected chi connectivity index (χ4v) is 2.00. The molecule has 1 aliphatic rings. The van der Waals surface area contributed by atoms with E-state index in [1.165, 1.54) is 11.6 Å². The number of benzene rings is 1. The Morgan fingerprint density at radius 2 is 2.33 bits per heavy atom. The van der Waals surface area contributed by atoms with E-state index < -0.39 is 0 Å². The van der Waals surface area contributed by atoms with E-state index in [0.29, 0.717) is 18.8 Å². The van der Waals surface area contributed by atoms with Crippen LogP contribution < -0.4 is 11.1 Å². The number of urea groups is 1. The molecule has 0 aliphatic carbocycles. The smallest absolute Gasteiger partial charge is 0.319 e. The van der Waals surface area contributed by atoms with Crippen molar-refractivity contribution in [2.75, 3.05) is 18.9 Å². The number of amides is 2. The van der Waals surface area contributed by atoms with Crippen LogP contribution in [0, 0.1) is 0 Å². The van der Waals surface area contributed by atoms with Gasteiger partial charge in [0, 0.05) is 18.8 Å². The number of aliphatic imine (C=N–C) groups is 1. The topological polar surface area (TPSA) is 87.8 Å². The zero-order chi connectivity index (χ0) is 13.0. The minimum Gasteiger partial charge on any atom is -0.399 e. The summed E-state index contributed by atoms with van der Waals surface area (Å²) in [5.41, 5.74) is 8.71. The minimum atomic E-state index is -0.234. The summed E-state index contributed by atoms with van der Waals surface area (Å²) in [5.74, 6) is 0. The number of nitrogen functional groups attached to an aromatic ring is 1. The fourth-order valence-electron chi connectivity index (χ4n) is 2.00. The molecule has 0 bridgehead atoms. The average molecular weight is 246 g/mol. The number of carbonyl (C=O) groups excluding carboxylic acids is 2. The lowest BCUT2D eigenvalue weighted by Crippen LogP contribution is -2.42. The van der Waals surface area contributed by atoms with Crippen molar-refractivity contribution in [3.8, 4) is 0 Å². The van der Waals surface area contributed by atoms with Crippen LogP contribution in [0.2, 0.25) is 0 Å². The van der Waals surface area contributed by atoms with Gasteiger partial charge in [-0.15, -0.1) is 0 Å². The first-order chi connectivity index (χ1) is 8.70. The van der Waals surface area contributed by atoms with Gasteiger partial charge in [-0.1, -0.05) is 6.07 Å². The normalized spacial score (nSPS) is 13.4. The summed E-state index contributed by atoms with van der Waals surface area (Å²) in [6.07, 6.45) is 2.18. The molecule has 3 N–H and O–H groups in total. The van der Waals surface area contributed by atoms with Gasteiger partial charge in [0.1, 0.15) is 6.67 Å². The molecule has 0 radical (unpaired) electrons. The van der Waals surface area contributed by atoms with Crippen molar-refractivity contribution in [1.82, 2.24) is 10.2 Å². The number of rotatable bonds is 2. The lowest BCUT2D eigenvalue weighted by Gasteiger charge is -2.28. The fraction of sp³-hybridized carbons (Fsp3) is 0.333. The van der Waals surface area contributed by atoms with Crippen LogP contribution in [0.25, 0.3) is 0 Å². The molecule has 6 nitrogen and oxygen atoms in total.